The molecule has 1 amide bonds. The molecule has 0 saturated heterocycles. The lowest BCUT2D eigenvalue weighted by atomic mass is 10.0. The molecule has 0 saturated carbocycles. The van der Waals surface area contributed by atoms with E-state index in [9.17, 15) is 40.3 Å². The summed E-state index contributed by atoms with van der Waals surface area (Å²) in [5.74, 6) is -17.1. The van der Waals surface area contributed by atoms with Crippen molar-refractivity contribution in [2.45, 2.75) is 44.3 Å². The highest BCUT2D eigenvalue weighted by Gasteiger charge is 2.76. The van der Waals surface area contributed by atoms with Gasteiger partial charge < -0.3 is 10.1 Å². The SMILES string of the molecule is CC(C)COC(=O)C(Cc1ccccc1)NC(=O)C(F)(F)C(F)(F)C(F)(F)F. The standard InChI is InChI=1S/C17H18F7NO3/c1-10(2)9-28-13(26)12(8-11-6-4-3-5-7-11)25-14(27)15(18,19)16(20,21)17(22,23)24/h3-7,10,12H,8-9H2,1-2H3,(H,25,27). The van der Waals surface area contributed by atoms with Crippen LogP contribution in [-0.2, 0) is 20.7 Å². The molecule has 0 bridgehead atoms. The molecule has 11 heteroatoms. The number of esters is 1. The minimum Gasteiger partial charge on any atom is -0.464 e. The number of hydrogen-bond acceptors (Lipinski definition) is 3. The second kappa shape index (κ2) is 8.78. The summed E-state index contributed by atoms with van der Waals surface area (Å²) < 4.78 is 94.7. The molecule has 4 nitrogen and oxygen atoms in total. The van der Waals surface area contributed by atoms with E-state index >= 15 is 0 Å². The molecule has 0 aliphatic rings. The second-order valence-electron chi connectivity index (χ2n) is 6.39. The van der Waals surface area contributed by atoms with Crippen molar-refractivity contribution >= 4 is 11.9 Å². The van der Waals surface area contributed by atoms with Crippen molar-refractivity contribution in [1.29, 1.82) is 0 Å². The first-order valence-electron chi connectivity index (χ1n) is 8.04. The van der Waals surface area contributed by atoms with Crippen molar-refractivity contribution in [2.75, 3.05) is 6.61 Å². The van der Waals surface area contributed by atoms with Crippen molar-refractivity contribution in [3.8, 4) is 0 Å². The number of halogens is 7. The molecule has 0 aromatic heterocycles. The van der Waals surface area contributed by atoms with Crippen LogP contribution in [0.15, 0.2) is 30.3 Å². The lowest BCUT2D eigenvalue weighted by Gasteiger charge is -2.28. The molecule has 1 N–H and O–H groups in total. The number of alkyl halides is 7. The van der Waals surface area contributed by atoms with Crippen LogP contribution in [0.2, 0.25) is 0 Å². The predicted octanol–water partition coefficient (Wildman–Crippen LogP) is 3.75. The van der Waals surface area contributed by atoms with Crippen LogP contribution < -0.4 is 5.32 Å². The number of carbonyl (C=O) groups is 2. The Bertz CT molecular complexity index is 675. The van der Waals surface area contributed by atoms with Gasteiger partial charge in [0.15, 0.2) is 0 Å². The fourth-order valence-corrected chi connectivity index (χ4v) is 1.96. The molecule has 0 fully saturated rings. The molecule has 1 rings (SSSR count). The number of hydrogen-bond donors (Lipinski definition) is 1. The number of nitrogens with one attached hydrogen (secondary N) is 1. The normalized spacial score (nSPS) is 13.9. The quantitative estimate of drug-likeness (QED) is 0.518. The monoisotopic (exact) mass is 417 g/mol. The minimum absolute atomic E-state index is 0.172. The Morgan fingerprint density at radius 1 is 1.00 bits per heavy atom. The van der Waals surface area contributed by atoms with Crippen LogP contribution in [-0.4, -0.2) is 42.5 Å². The zero-order chi connectivity index (χ0) is 21.8. The summed E-state index contributed by atoms with van der Waals surface area (Å²) in [4.78, 5) is 23.6. The molecular formula is C17H18F7NO3. The summed E-state index contributed by atoms with van der Waals surface area (Å²) in [5.41, 5.74) is 0.334. The van der Waals surface area contributed by atoms with E-state index in [-0.39, 0.29) is 12.5 Å². The molecule has 1 unspecified atom stereocenters. The third kappa shape index (κ3) is 5.59. The summed E-state index contributed by atoms with van der Waals surface area (Å²) >= 11 is 0. The van der Waals surface area contributed by atoms with Crippen molar-refractivity contribution in [3.05, 3.63) is 35.9 Å². The van der Waals surface area contributed by atoms with Gasteiger partial charge in [0.2, 0.25) is 0 Å². The smallest absolute Gasteiger partial charge is 0.460 e. The Morgan fingerprint density at radius 3 is 2.00 bits per heavy atom. The van der Waals surface area contributed by atoms with E-state index in [1.165, 1.54) is 29.6 Å². The number of carbonyl (C=O) groups excluding carboxylic acids is 2. The van der Waals surface area contributed by atoms with Gasteiger partial charge >= 0.3 is 24.0 Å². The molecule has 28 heavy (non-hydrogen) atoms. The van der Waals surface area contributed by atoms with Gasteiger partial charge in [-0.2, -0.15) is 30.7 Å². The van der Waals surface area contributed by atoms with Crippen molar-refractivity contribution in [3.63, 3.8) is 0 Å². The van der Waals surface area contributed by atoms with E-state index in [2.05, 4.69) is 0 Å². The van der Waals surface area contributed by atoms with E-state index in [4.69, 9.17) is 4.74 Å². The van der Waals surface area contributed by atoms with Crippen molar-refractivity contribution in [1.82, 2.24) is 5.32 Å². The van der Waals surface area contributed by atoms with Crippen LogP contribution in [0, 0.1) is 5.92 Å². The zero-order valence-corrected chi connectivity index (χ0v) is 14.8. The molecule has 0 heterocycles. The van der Waals surface area contributed by atoms with Crippen molar-refractivity contribution in [2.24, 2.45) is 5.92 Å². The highest BCUT2D eigenvalue weighted by atomic mass is 19.4. The largest absolute Gasteiger partial charge is 0.464 e. The van der Waals surface area contributed by atoms with Crippen molar-refractivity contribution < 1.29 is 45.1 Å². The average molecular weight is 417 g/mol. The fraction of sp³-hybridized carbons (Fsp3) is 0.529. The van der Waals surface area contributed by atoms with Gasteiger partial charge in [-0.1, -0.05) is 44.2 Å². The summed E-state index contributed by atoms with van der Waals surface area (Å²) in [6.45, 7) is 3.13. The molecule has 0 aliphatic heterocycles. The first-order valence-corrected chi connectivity index (χ1v) is 8.04. The summed E-state index contributed by atoms with van der Waals surface area (Å²) in [6.07, 6.45) is -7.11. The Hall–Kier alpha value is -2.33. The zero-order valence-electron chi connectivity index (χ0n) is 14.8. The average Bonchev–Trinajstić information content (AvgIpc) is 2.58. The first kappa shape index (κ1) is 23.7. The molecule has 0 radical (unpaired) electrons. The molecule has 1 aromatic rings. The topological polar surface area (TPSA) is 55.4 Å². The Kier molecular flexibility index (Phi) is 7.44. The van der Waals surface area contributed by atoms with E-state index in [1.807, 2.05) is 0 Å². The number of ether oxygens (including phenoxy) is 1. The third-order valence-electron chi connectivity index (χ3n) is 3.47. The molecule has 1 aromatic carbocycles. The van der Waals surface area contributed by atoms with E-state index in [1.54, 1.807) is 19.9 Å². The maximum absolute atomic E-state index is 13.5. The summed E-state index contributed by atoms with van der Waals surface area (Å²) in [5, 5.41) is 1.26. The maximum Gasteiger partial charge on any atom is 0.460 e. The number of rotatable bonds is 8. The maximum atomic E-state index is 13.5. The van der Waals surface area contributed by atoms with Crippen LogP contribution in [0.25, 0.3) is 0 Å². The van der Waals surface area contributed by atoms with Gasteiger partial charge in [-0.25, -0.2) is 4.79 Å². The van der Waals surface area contributed by atoms with Gasteiger partial charge in [0.25, 0.3) is 5.91 Å². The predicted molar refractivity (Wildman–Crippen MR) is 83.8 cm³/mol. The van der Waals surface area contributed by atoms with E-state index in [0.717, 1.165) is 0 Å². The third-order valence-corrected chi connectivity index (χ3v) is 3.47. The molecular weight excluding hydrogens is 399 g/mol. The lowest BCUT2D eigenvalue weighted by Crippen LogP contribution is -2.61. The lowest BCUT2D eigenvalue weighted by molar-refractivity contribution is -0.344. The van der Waals surface area contributed by atoms with Crippen LogP contribution in [0.5, 0.6) is 0 Å². The summed E-state index contributed by atoms with van der Waals surface area (Å²) in [7, 11) is 0. The van der Waals surface area contributed by atoms with E-state index < -0.39 is 42.4 Å². The van der Waals surface area contributed by atoms with Crippen LogP contribution in [0.3, 0.4) is 0 Å². The van der Waals surface area contributed by atoms with Gasteiger partial charge in [-0.15, -0.1) is 0 Å². The minimum atomic E-state index is -6.67. The Balaban J connectivity index is 3.07. The van der Waals surface area contributed by atoms with E-state index in [0.29, 0.717) is 5.56 Å². The number of amides is 1. The van der Waals surface area contributed by atoms with Crippen LogP contribution >= 0.6 is 0 Å². The van der Waals surface area contributed by atoms with Crippen LogP contribution in [0.1, 0.15) is 19.4 Å². The highest BCUT2D eigenvalue weighted by molar-refractivity contribution is 5.89. The highest BCUT2D eigenvalue weighted by Crippen LogP contribution is 2.46. The first-order chi connectivity index (χ1) is 12.7. The molecule has 1 atom stereocenters. The Morgan fingerprint density at radius 2 is 1.54 bits per heavy atom. The fourth-order valence-electron chi connectivity index (χ4n) is 1.96. The number of benzene rings is 1. The van der Waals surface area contributed by atoms with Crippen LogP contribution in [0.4, 0.5) is 30.7 Å². The summed E-state index contributed by atoms with van der Waals surface area (Å²) in [6, 6.07) is 5.62. The van der Waals surface area contributed by atoms with Gasteiger partial charge in [0.05, 0.1) is 6.61 Å². The van der Waals surface area contributed by atoms with Gasteiger partial charge in [-0.05, 0) is 11.5 Å². The molecule has 0 aliphatic carbocycles. The Labute approximate surface area is 156 Å². The van der Waals surface area contributed by atoms with Gasteiger partial charge in [0, 0.05) is 6.42 Å². The second-order valence-corrected chi connectivity index (χ2v) is 6.39. The molecule has 0 spiro atoms. The van der Waals surface area contributed by atoms with Gasteiger partial charge in [-0.3, -0.25) is 4.79 Å². The van der Waals surface area contributed by atoms with Gasteiger partial charge in [0.1, 0.15) is 6.04 Å². The molecule has 158 valence electrons.